The lowest BCUT2D eigenvalue weighted by molar-refractivity contribution is 0.712. The number of halogens is 2. The second-order valence-electron chi connectivity index (χ2n) is 4.85. The Bertz CT molecular complexity index is 576. The summed E-state index contributed by atoms with van der Waals surface area (Å²) in [4.78, 5) is 0. The zero-order chi connectivity index (χ0) is 14.0. The Hall–Kier alpha value is -1.19. The molecule has 0 amide bonds. The molecule has 0 saturated heterocycles. The highest BCUT2D eigenvalue weighted by Crippen LogP contribution is 2.26. The van der Waals surface area contributed by atoms with Crippen LogP contribution in [0.2, 0.25) is 10.0 Å². The molecule has 0 saturated carbocycles. The Kier molecular flexibility index (Phi) is 4.38. The summed E-state index contributed by atoms with van der Waals surface area (Å²) in [6.45, 7) is 5.01. The van der Waals surface area contributed by atoms with Gasteiger partial charge in [0.2, 0.25) is 0 Å². The first-order valence-electron chi connectivity index (χ1n) is 6.18. The molecule has 102 valence electrons. The quantitative estimate of drug-likeness (QED) is 0.903. The molecule has 0 aliphatic heterocycles. The monoisotopic (exact) mass is 297 g/mol. The minimum Gasteiger partial charge on any atom is -0.381 e. The van der Waals surface area contributed by atoms with Gasteiger partial charge in [0.15, 0.2) is 0 Å². The molecule has 2 rings (SSSR count). The van der Waals surface area contributed by atoms with Crippen LogP contribution < -0.4 is 5.32 Å². The summed E-state index contributed by atoms with van der Waals surface area (Å²) < 4.78 is 1.85. The summed E-state index contributed by atoms with van der Waals surface area (Å²) in [5.74, 6) is 0.409. The number of nitrogens with zero attached hydrogens (tertiary/aromatic N) is 2. The van der Waals surface area contributed by atoms with Gasteiger partial charge in [0.05, 0.1) is 15.7 Å². The third kappa shape index (κ3) is 3.43. The summed E-state index contributed by atoms with van der Waals surface area (Å²) in [5, 5.41) is 8.95. The molecule has 1 aromatic heterocycles. The van der Waals surface area contributed by atoms with Gasteiger partial charge in [0.1, 0.15) is 0 Å². The standard InChI is InChI=1S/C14H17Cl2N3/c1-9(2)14-10(8-19(3)18-14)7-17-11-4-5-12(15)13(16)6-11/h4-6,8-9,17H,7H2,1-3H3. The van der Waals surface area contributed by atoms with Crippen LogP contribution in [0.4, 0.5) is 5.69 Å². The highest BCUT2D eigenvalue weighted by molar-refractivity contribution is 6.42. The molecule has 0 unspecified atom stereocenters. The van der Waals surface area contributed by atoms with Crippen molar-refractivity contribution in [1.29, 1.82) is 0 Å². The fourth-order valence-corrected chi connectivity index (χ4v) is 2.28. The van der Waals surface area contributed by atoms with Crippen molar-refractivity contribution < 1.29 is 0 Å². The van der Waals surface area contributed by atoms with Crippen molar-refractivity contribution in [3.8, 4) is 0 Å². The maximum atomic E-state index is 5.99. The van der Waals surface area contributed by atoms with Crippen LogP contribution >= 0.6 is 23.2 Å². The van der Waals surface area contributed by atoms with E-state index in [0.29, 0.717) is 16.0 Å². The highest BCUT2D eigenvalue weighted by atomic mass is 35.5. The predicted molar refractivity (Wildman–Crippen MR) is 81.1 cm³/mol. The summed E-state index contributed by atoms with van der Waals surface area (Å²) in [6.07, 6.45) is 2.04. The molecular formula is C14H17Cl2N3. The van der Waals surface area contributed by atoms with Crippen molar-refractivity contribution in [2.24, 2.45) is 7.05 Å². The molecule has 2 aromatic rings. The van der Waals surface area contributed by atoms with Gasteiger partial charge in [-0.25, -0.2) is 0 Å². The van der Waals surface area contributed by atoms with Crippen molar-refractivity contribution >= 4 is 28.9 Å². The topological polar surface area (TPSA) is 29.9 Å². The minimum atomic E-state index is 0.409. The first-order valence-corrected chi connectivity index (χ1v) is 6.94. The van der Waals surface area contributed by atoms with Gasteiger partial charge < -0.3 is 5.32 Å². The summed E-state index contributed by atoms with van der Waals surface area (Å²) >= 11 is 11.9. The van der Waals surface area contributed by atoms with Crippen molar-refractivity contribution in [2.75, 3.05) is 5.32 Å². The smallest absolute Gasteiger partial charge is 0.0699 e. The van der Waals surface area contributed by atoms with Crippen LogP contribution in [0, 0.1) is 0 Å². The molecule has 1 aromatic carbocycles. The third-order valence-electron chi connectivity index (χ3n) is 2.89. The normalized spacial score (nSPS) is 11.1. The van der Waals surface area contributed by atoms with Crippen LogP contribution in [-0.4, -0.2) is 9.78 Å². The van der Waals surface area contributed by atoms with Gasteiger partial charge in [-0.3, -0.25) is 4.68 Å². The SMILES string of the molecule is CC(C)c1nn(C)cc1CNc1ccc(Cl)c(Cl)c1. The number of aromatic nitrogens is 2. The van der Waals surface area contributed by atoms with Crippen LogP contribution in [-0.2, 0) is 13.6 Å². The van der Waals surface area contributed by atoms with E-state index in [1.807, 2.05) is 30.1 Å². The van der Waals surface area contributed by atoms with E-state index < -0.39 is 0 Å². The van der Waals surface area contributed by atoms with E-state index in [4.69, 9.17) is 23.2 Å². The number of hydrogen-bond donors (Lipinski definition) is 1. The number of anilines is 1. The van der Waals surface area contributed by atoms with E-state index in [1.54, 1.807) is 6.07 Å². The Labute approximate surface area is 123 Å². The van der Waals surface area contributed by atoms with Crippen LogP contribution in [0.1, 0.15) is 31.0 Å². The Morgan fingerprint density at radius 2 is 2.00 bits per heavy atom. The minimum absolute atomic E-state index is 0.409. The van der Waals surface area contributed by atoms with E-state index >= 15 is 0 Å². The van der Waals surface area contributed by atoms with Gasteiger partial charge in [-0.1, -0.05) is 37.0 Å². The van der Waals surface area contributed by atoms with Crippen LogP contribution in [0.25, 0.3) is 0 Å². The number of aryl methyl sites for hydroxylation is 1. The van der Waals surface area contributed by atoms with E-state index in [-0.39, 0.29) is 0 Å². The molecule has 1 heterocycles. The second kappa shape index (κ2) is 5.85. The number of nitrogens with one attached hydrogen (secondary N) is 1. The molecule has 0 aliphatic rings. The lowest BCUT2D eigenvalue weighted by Crippen LogP contribution is -2.02. The summed E-state index contributed by atoms with van der Waals surface area (Å²) in [6, 6.07) is 5.54. The number of rotatable bonds is 4. The first-order chi connectivity index (χ1) is 8.97. The lowest BCUT2D eigenvalue weighted by atomic mass is 10.1. The molecule has 0 bridgehead atoms. The predicted octanol–water partition coefficient (Wildman–Crippen LogP) is 4.46. The van der Waals surface area contributed by atoms with Crippen molar-refractivity contribution in [3.63, 3.8) is 0 Å². The fraction of sp³-hybridized carbons (Fsp3) is 0.357. The van der Waals surface area contributed by atoms with Gasteiger partial charge in [-0.05, 0) is 24.1 Å². The van der Waals surface area contributed by atoms with Gasteiger partial charge >= 0.3 is 0 Å². The molecule has 3 nitrogen and oxygen atoms in total. The average molecular weight is 298 g/mol. The van der Waals surface area contributed by atoms with Gasteiger partial charge in [-0.2, -0.15) is 5.10 Å². The zero-order valence-electron chi connectivity index (χ0n) is 11.2. The van der Waals surface area contributed by atoms with E-state index in [1.165, 1.54) is 5.56 Å². The average Bonchev–Trinajstić information content (AvgIpc) is 2.72. The fourth-order valence-electron chi connectivity index (χ4n) is 1.98. The van der Waals surface area contributed by atoms with E-state index in [2.05, 4.69) is 24.3 Å². The molecule has 0 radical (unpaired) electrons. The molecule has 0 fully saturated rings. The maximum absolute atomic E-state index is 5.99. The van der Waals surface area contributed by atoms with Crippen LogP contribution in [0.3, 0.4) is 0 Å². The van der Waals surface area contributed by atoms with Crippen molar-refractivity contribution in [1.82, 2.24) is 9.78 Å². The van der Waals surface area contributed by atoms with E-state index in [0.717, 1.165) is 17.9 Å². The van der Waals surface area contributed by atoms with Crippen molar-refractivity contribution in [2.45, 2.75) is 26.3 Å². The second-order valence-corrected chi connectivity index (χ2v) is 5.66. The van der Waals surface area contributed by atoms with Crippen LogP contribution in [0.5, 0.6) is 0 Å². The summed E-state index contributed by atoms with van der Waals surface area (Å²) in [5.41, 5.74) is 3.27. The summed E-state index contributed by atoms with van der Waals surface area (Å²) in [7, 11) is 1.94. The molecule has 1 N–H and O–H groups in total. The van der Waals surface area contributed by atoms with Crippen LogP contribution in [0.15, 0.2) is 24.4 Å². The molecule has 0 spiro atoms. The third-order valence-corrected chi connectivity index (χ3v) is 3.63. The molecule has 0 atom stereocenters. The van der Waals surface area contributed by atoms with Gasteiger partial charge in [-0.15, -0.1) is 0 Å². The van der Waals surface area contributed by atoms with Gasteiger partial charge in [0.25, 0.3) is 0 Å². The lowest BCUT2D eigenvalue weighted by Gasteiger charge is -2.09. The maximum Gasteiger partial charge on any atom is 0.0699 e. The molecule has 19 heavy (non-hydrogen) atoms. The molecule has 0 aliphatic carbocycles. The Morgan fingerprint density at radius 3 is 2.63 bits per heavy atom. The van der Waals surface area contributed by atoms with Crippen molar-refractivity contribution in [3.05, 3.63) is 45.7 Å². The van der Waals surface area contributed by atoms with E-state index in [9.17, 15) is 0 Å². The zero-order valence-corrected chi connectivity index (χ0v) is 12.8. The molecule has 5 heteroatoms. The first kappa shape index (κ1) is 14.2. The number of benzene rings is 1. The highest BCUT2D eigenvalue weighted by Gasteiger charge is 2.11. The Balaban J connectivity index is 2.12. The Morgan fingerprint density at radius 1 is 1.26 bits per heavy atom. The van der Waals surface area contributed by atoms with Gasteiger partial charge in [0, 0.05) is 31.0 Å². The molecular weight excluding hydrogens is 281 g/mol. The largest absolute Gasteiger partial charge is 0.381 e. The number of hydrogen-bond acceptors (Lipinski definition) is 2.